The van der Waals surface area contributed by atoms with E-state index in [2.05, 4.69) is 0 Å². The largest absolute Gasteiger partial charge is 0.504 e. The molecule has 0 aliphatic rings. The Morgan fingerprint density at radius 1 is 0.292 bits per heavy atom. The summed E-state index contributed by atoms with van der Waals surface area (Å²) in [7, 11) is 0. The number of fused-ring (bicyclic) bond motifs is 4. The van der Waals surface area contributed by atoms with Gasteiger partial charge in [-0.1, -0.05) is 103 Å². The molecule has 8 N–H and O–H groups in total. The Balaban J connectivity index is 1.65. The maximum atomic E-state index is 11.6. The SMILES string of the molecule is Oc1c(O)c(O)c2c(-c3ccc(-c4ccccc4)c4ccccc34)c3c(O)c(O)c(O)c(O)c3c(-c3ccc4ccccc4c3)c2c1O. The number of rotatable bonds is 3. The zero-order valence-electron chi connectivity index (χ0n) is 25.0. The van der Waals surface area contributed by atoms with Crippen LogP contribution >= 0.6 is 0 Å². The second-order valence-corrected chi connectivity index (χ2v) is 11.7. The minimum Gasteiger partial charge on any atom is -0.504 e. The fraction of sp³-hybridized carbons (Fsp3) is 0. The smallest absolute Gasteiger partial charge is 0.204 e. The molecule has 8 aromatic carbocycles. The topological polar surface area (TPSA) is 162 Å². The van der Waals surface area contributed by atoms with E-state index in [1.165, 1.54) is 0 Å². The van der Waals surface area contributed by atoms with E-state index in [1.54, 1.807) is 30.3 Å². The summed E-state index contributed by atoms with van der Waals surface area (Å²) in [6.07, 6.45) is 0. The van der Waals surface area contributed by atoms with Crippen molar-refractivity contribution in [3.05, 3.63) is 109 Å². The number of aromatic hydroxyl groups is 8. The molecule has 8 aromatic rings. The van der Waals surface area contributed by atoms with Gasteiger partial charge in [-0.15, -0.1) is 0 Å². The van der Waals surface area contributed by atoms with Crippen LogP contribution in [0, 0.1) is 0 Å². The molecule has 0 aliphatic heterocycles. The third kappa shape index (κ3) is 3.89. The first-order valence-electron chi connectivity index (χ1n) is 15.0. The number of hydrogen-bond donors (Lipinski definition) is 8. The summed E-state index contributed by atoms with van der Waals surface area (Å²) in [5.74, 6) is -7.31. The normalized spacial score (nSPS) is 11.6. The Bertz CT molecular complexity index is 2560. The van der Waals surface area contributed by atoms with Crippen molar-refractivity contribution in [2.24, 2.45) is 0 Å². The molecule has 48 heavy (non-hydrogen) atoms. The lowest BCUT2D eigenvalue weighted by atomic mass is 9.81. The summed E-state index contributed by atoms with van der Waals surface area (Å²) in [5, 5.41) is 92.2. The Kier molecular flexibility index (Phi) is 6.19. The van der Waals surface area contributed by atoms with Crippen LogP contribution < -0.4 is 0 Å². The van der Waals surface area contributed by atoms with Crippen LogP contribution in [-0.2, 0) is 0 Å². The molecule has 0 aliphatic carbocycles. The lowest BCUT2D eigenvalue weighted by Gasteiger charge is -2.23. The van der Waals surface area contributed by atoms with Gasteiger partial charge in [0.1, 0.15) is 0 Å². The van der Waals surface area contributed by atoms with E-state index in [0.717, 1.165) is 27.3 Å². The first-order chi connectivity index (χ1) is 23.2. The van der Waals surface area contributed by atoms with Gasteiger partial charge in [0.25, 0.3) is 0 Å². The van der Waals surface area contributed by atoms with Gasteiger partial charge in [0.05, 0.1) is 0 Å². The average Bonchev–Trinajstić information content (AvgIpc) is 3.13. The predicted molar refractivity (Wildman–Crippen MR) is 186 cm³/mol. The number of hydrogen-bond acceptors (Lipinski definition) is 8. The van der Waals surface area contributed by atoms with E-state index >= 15 is 0 Å². The third-order valence-electron chi connectivity index (χ3n) is 9.11. The molecule has 0 radical (unpaired) electrons. The monoisotopic (exact) mass is 634 g/mol. The molecule has 234 valence electrons. The predicted octanol–water partition coefficient (Wildman–Crippen LogP) is 8.95. The first-order valence-corrected chi connectivity index (χ1v) is 15.0. The van der Waals surface area contributed by atoms with E-state index in [9.17, 15) is 40.9 Å². The summed E-state index contributed by atoms with van der Waals surface area (Å²) >= 11 is 0. The van der Waals surface area contributed by atoms with Crippen LogP contribution in [0.4, 0.5) is 0 Å². The van der Waals surface area contributed by atoms with E-state index in [4.69, 9.17) is 0 Å². The van der Waals surface area contributed by atoms with Crippen molar-refractivity contribution in [2.45, 2.75) is 0 Å². The lowest BCUT2D eigenvalue weighted by molar-refractivity contribution is 0.350. The number of phenols is 8. The fourth-order valence-corrected chi connectivity index (χ4v) is 6.91. The first kappa shape index (κ1) is 28.7. The van der Waals surface area contributed by atoms with Gasteiger partial charge in [0.15, 0.2) is 23.0 Å². The van der Waals surface area contributed by atoms with E-state index in [1.807, 2.05) is 78.9 Å². The van der Waals surface area contributed by atoms with Crippen LogP contribution in [0.3, 0.4) is 0 Å². The molecule has 8 rings (SSSR count). The van der Waals surface area contributed by atoms with Crippen LogP contribution in [0.25, 0.3) is 76.5 Å². The van der Waals surface area contributed by atoms with Gasteiger partial charge >= 0.3 is 0 Å². The Morgan fingerprint density at radius 3 is 1.29 bits per heavy atom. The molecule has 0 spiro atoms. The van der Waals surface area contributed by atoms with E-state index in [-0.39, 0.29) is 32.7 Å². The molecule has 8 heteroatoms. The minimum absolute atomic E-state index is 0.00548. The van der Waals surface area contributed by atoms with Crippen molar-refractivity contribution in [1.29, 1.82) is 0 Å². The molecular formula is C40H26O8. The van der Waals surface area contributed by atoms with Crippen LogP contribution in [0.2, 0.25) is 0 Å². The molecule has 0 aromatic heterocycles. The van der Waals surface area contributed by atoms with Crippen LogP contribution in [0.5, 0.6) is 46.0 Å². The van der Waals surface area contributed by atoms with Gasteiger partial charge in [0, 0.05) is 32.7 Å². The van der Waals surface area contributed by atoms with Gasteiger partial charge in [-0.3, -0.25) is 0 Å². The van der Waals surface area contributed by atoms with Gasteiger partial charge < -0.3 is 40.9 Å². The van der Waals surface area contributed by atoms with Gasteiger partial charge in [0.2, 0.25) is 23.0 Å². The molecule has 0 unspecified atom stereocenters. The fourth-order valence-electron chi connectivity index (χ4n) is 6.91. The maximum Gasteiger partial charge on any atom is 0.204 e. The summed E-state index contributed by atoms with van der Waals surface area (Å²) in [4.78, 5) is 0. The summed E-state index contributed by atoms with van der Waals surface area (Å²) in [6, 6.07) is 33.3. The zero-order valence-corrected chi connectivity index (χ0v) is 25.0. The molecule has 0 saturated heterocycles. The Hall–Kier alpha value is -6.80. The molecule has 0 atom stereocenters. The number of benzene rings is 8. The van der Waals surface area contributed by atoms with Gasteiger partial charge in [-0.25, -0.2) is 0 Å². The standard InChI is InChI=1S/C40H26O8/c41-33-29-27(22-15-14-19-8-4-5-11-21(19)18-22)30-32(36(44)40(48)38(46)34(30)42)28(31(29)35(43)39(47)37(33)45)26-17-16-23(20-9-2-1-3-10-20)24-12-6-7-13-25(24)26/h1-18,41-48H. The molecule has 0 bridgehead atoms. The summed E-state index contributed by atoms with van der Waals surface area (Å²) in [6.45, 7) is 0. The number of phenolic OH excluding ortho intramolecular Hbond substituents is 8. The molecular weight excluding hydrogens is 608 g/mol. The highest BCUT2D eigenvalue weighted by Crippen LogP contribution is 2.62. The van der Waals surface area contributed by atoms with Crippen molar-refractivity contribution in [3.8, 4) is 79.4 Å². The van der Waals surface area contributed by atoms with Crippen molar-refractivity contribution in [1.82, 2.24) is 0 Å². The molecule has 0 amide bonds. The quantitative estimate of drug-likeness (QED) is 0.0543. The minimum atomic E-state index is -1.01. The van der Waals surface area contributed by atoms with Crippen molar-refractivity contribution >= 4 is 43.1 Å². The molecule has 0 heterocycles. The van der Waals surface area contributed by atoms with Crippen molar-refractivity contribution in [3.63, 3.8) is 0 Å². The Morgan fingerprint density at radius 2 is 0.729 bits per heavy atom. The maximum absolute atomic E-state index is 11.6. The Labute approximate surface area is 272 Å². The molecule has 0 fully saturated rings. The second-order valence-electron chi connectivity index (χ2n) is 11.7. The van der Waals surface area contributed by atoms with Crippen molar-refractivity contribution < 1.29 is 40.9 Å². The van der Waals surface area contributed by atoms with E-state index in [0.29, 0.717) is 16.5 Å². The van der Waals surface area contributed by atoms with Gasteiger partial charge in [-0.05, 0) is 49.9 Å². The lowest BCUT2D eigenvalue weighted by Crippen LogP contribution is -1.95. The summed E-state index contributed by atoms with van der Waals surface area (Å²) < 4.78 is 0. The van der Waals surface area contributed by atoms with Crippen LogP contribution in [0.1, 0.15) is 0 Å². The highest BCUT2D eigenvalue weighted by atomic mass is 16.4. The van der Waals surface area contributed by atoms with E-state index < -0.39 is 46.0 Å². The third-order valence-corrected chi connectivity index (χ3v) is 9.11. The van der Waals surface area contributed by atoms with Crippen molar-refractivity contribution in [2.75, 3.05) is 0 Å². The van der Waals surface area contributed by atoms with Gasteiger partial charge in [-0.2, -0.15) is 0 Å². The second kappa shape index (κ2) is 10.4. The highest BCUT2D eigenvalue weighted by Gasteiger charge is 2.32. The van der Waals surface area contributed by atoms with Crippen LogP contribution in [-0.4, -0.2) is 40.9 Å². The highest BCUT2D eigenvalue weighted by molar-refractivity contribution is 6.30. The van der Waals surface area contributed by atoms with Crippen LogP contribution in [0.15, 0.2) is 109 Å². The average molecular weight is 635 g/mol. The molecule has 8 nitrogen and oxygen atoms in total. The summed E-state index contributed by atoms with van der Waals surface area (Å²) in [5.41, 5.74) is 2.55. The zero-order chi connectivity index (χ0) is 33.4. The molecule has 0 saturated carbocycles.